The van der Waals surface area contributed by atoms with Crippen LogP contribution in [0.3, 0.4) is 0 Å². The molecule has 0 aliphatic carbocycles. The SMILES string of the molecule is Fc1cc(F)c(F)c(OCCCC2CCCN2)c1F. The first-order chi connectivity index (χ1) is 9.09. The number of halogens is 4. The van der Waals surface area contributed by atoms with Crippen LogP contribution in [0.1, 0.15) is 25.7 Å². The molecule has 1 unspecified atom stereocenters. The lowest BCUT2D eigenvalue weighted by Gasteiger charge is -2.12. The van der Waals surface area contributed by atoms with Crippen molar-refractivity contribution in [2.75, 3.05) is 13.2 Å². The summed E-state index contributed by atoms with van der Waals surface area (Å²) in [6.45, 7) is 0.999. The molecule has 0 aromatic heterocycles. The zero-order valence-electron chi connectivity index (χ0n) is 10.3. The Labute approximate surface area is 108 Å². The Kier molecular flexibility index (Phi) is 4.63. The molecule has 0 amide bonds. The third kappa shape index (κ3) is 3.37. The molecule has 2 rings (SSSR count). The predicted octanol–water partition coefficient (Wildman–Crippen LogP) is 3.15. The number of hydrogen-bond acceptors (Lipinski definition) is 2. The van der Waals surface area contributed by atoms with Gasteiger partial charge in [0.15, 0.2) is 17.4 Å². The lowest BCUT2D eigenvalue weighted by atomic mass is 10.1. The number of ether oxygens (including phenoxy) is 1. The summed E-state index contributed by atoms with van der Waals surface area (Å²) in [4.78, 5) is 0. The quantitative estimate of drug-likeness (QED) is 0.507. The third-order valence-electron chi connectivity index (χ3n) is 3.18. The van der Waals surface area contributed by atoms with Crippen LogP contribution in [0.15, 0.2) is 6.07 Å². The molecular weight excluding hydrogens is 262 g/mol. The molecule has 1 saturated heterocycles. The first kappa shape index (κ1) is 14.1. The average Bonchev–Trinajstić information content (AvgIpc) is 2.89. The molecule has 1 atom stereocenters. The Morgan fingerprint density at radius 1 is 1.16 bits per heavy atom. The molecule has 0 saturated carbocycles. The van der Waals surface area contributed by atoms with Crippen LogP contribution < -0.4 is 10.1 Å². The Morgan fingerprint density at radius 2 is 1.84 bits per heavy atom. The average molecular weight is 277 g/mol. The van der Waals surface area contributed by atoms with Gasteiger partial charge in [-0.05, 0) is 32.2 Å². The first-order valence-electron chi connectivity index (χ1n) is 6.28. The molecule has 1 heterocycles. The zero-order valence-corrected chi connectivity index (χ0v) is 10.3. The van der Waals surface area contributed by atoms with Crippen LogP contribution in [0.2, 0.25) is 0 Å². The molecule has 0 spiro atoms. The zero-order chi connectivity index (χ0) is 13.8. The minimum absolute atomic E-state index is 0.0227. The van der Waals surface area contributed by atoms with Crippen molar-refractivity contribution in [2.45, 2.75) is 31.7 Å². The van der Waals surface area contributed by atoms with E-state index in [2.05, 4.69) is 5.32 Å². The largest absolute Gasteiger partial charge is 0.487 e. The van der Waals surface area contributed by atoms with Gasteiger partial charge in [-0.1, -0.05) is 0 Å². The van der Waals surface area contributed by atoms with Crippen molar-refractivity contribution in [1.29, 1.82) is 0 Å². The van der Waals surface area contributed by atoms with E-state index < -0.39 is 29.0 Å². The van der Waals surface area contributed by atoms with E-state index in [0.29, 0.717) is 12.5 Å². The molecular formula is C13H15F4NO. The second-order valence-electron chi connectivity index (χ2n) is 4.58. The summed E-state index contributed by atoms with van der Waals surface area (Å²) in [6.07, 6.45) is 3.55. The van der Waals surface area contributed by atoms with Crippen LogP contribution in [0.4, 0.5) is 17.6 Å². The summed E-state index contributed by atoms with van der Waals surface area (Å²) >= 11 is 0. The van der Waals surface area contributed by atoms with Gasteiger partial charge in [-0.25, -0.2) is 8.78 Å². The van der Waals surface area contributed by atoms with Gasteiger partial charge in [-0.3, -0.25) is 0 Å². The molecule has 1 fully saturated rings. The van der Waals surface area contributed by atoms with Crippen molar-refractivity contribution in [3.05, 3.63) is 29.3 Å². The van der Waals surface area contributed by atoms with Gasteiger partial charge in [0.2, 0.25) is 11.6 Å². The summed E-state index contributed by atoms with van der Waals surface area (Å²) < 4.78 is 57.1. The molecule has 1 aliphatic heterocycles. The van der Waals surface area contributed by atoms with Gasteiger partial charge in [-0.2, -0.15) is 8.78 Å². The highest BCUT2D eigenvalue weighted by Gasteiger charge is 2.20. The monoisotopic (exact) mass is 277 g/mol. The van der Waals surface area contributed by atoms with Crippen LogP contribution in [0.5, 0.6) is 5.75 Å². The van der Waals surface area contributed by atoms with Crippen molar-refractivity contribution in [2.24, 2.45) is 0 Å². The highest BCUT2D eigenvalue weighted by atomic mass is 19.2. The van der Waals surface area contributed by atoms with E-state index in [9.17, 15) is 17.6 Å². The van der Waals surface area contributed by atoms with E-state index in [1.165, 1.54) is 0 Å². The van der Waals surface area contributed by atoms with Crippen molar-refractivity contribution >= 4 is 0 Å². The summed E-state index contributed by atoms with van der Waals surface area (Å²) in [5.41, 5.74) is 0. The second kappa shape index (κ2) is 6.23. The molecule has 0 radical (unpaired) electrons. The maximum Gasteiger partial charge on any atom is 0.203 e. The summed E-state index contributed by atoms with van der Waals surface area (Å²) in [5, 5.41) is 3.27. The van der Waals surface area contributed by atoms with Gasteiger partial charge in [0.05, 0.1) is 6.61 Å². The Hall–Kier alpha value is -1.30. The van der Waals surface area contributed by atoms with E-state index in [1.807, 2.05) is 0 Å². The van der Waals surface area contributed by atoms with Crippen molar-refractivity contribution in [3.63, 3.8) is 0 Å². The van der Waals surface area contributed by atoms with Crippen molar-refractivity contribution < 1.29 is 22.3 Å². The molecule has 0 bridgehead atoms. The fourth-order valence-corrected chi connectivity index (χ4v) is 2.19. The normalized spacial score (nSPS) is 18.8. The number of nitrogens with one attached hydrogen (secondary N) is 1. The van der Waals surface area contributed by atoms with Crippen LogP contribution in [0, 0.1) is 23.3 Å². The van der Waals surface area contributed by atoms with E-state index >= 15 is 0 Å². The van der Waals surface area contributed by atoms with Crippen molar-refractivity contribution in [3.8, 4) is 5.75 Å². The van der Waals surface area contributed by atoms with Crippen LogP contribution in [0.25, 0.3) is 0 Å². The minimum atomic E-state index is -1.49. The molecule has 19 heavy (non-hydrogen) atoms. The maximum atomic E-state index is 13.3. The number of hydrogen-bond donors (Lipinski definition) is 1. The standard InChI is InChI=1S/C13H15F4NO/c14-9-7-10(15)12(17)13(11(9)16)19-6-2-4-8-3-1-5-18-8/h7-8,18H,1-6H2. The predicted molar refractivity (Wildman–Crippen MR) is 62.0 cm³/mol. The maximum absolute atomic E-state index is 13.3. The molecule has 1 N–H and O–H groups in total. The Bertz CT molecular complexity index is 421. The highest BCUT2D eigenvalue weighted by molar-refractivity contribution is 5.28. The lowest BCUT2D eigenvalue weighted by Crippen LogP contribution is -2.21. The topological polar surface area (TPSA) is 21.3 Å². The van der Waals surface area contributed by atoms with Crippen LogP contribution in [-0.2, 0) is 0 Å². The van der Waals surface area contributed by atoms with E-state index in [0.717, 1.165) is 25.8 Å². The Morgan fingerprint density at radius 3 is 2.42 bits per heavy atom. The third-order valence-corrected chi connectivity index (χ3v) is 3.18. The molecule has 106 valence electrons. The van der Waals surface area contributed by atoms with Crippen LogP contribution in [-0.4, -0.2) is 19.2 Å². The van der Waals surface area contributed by atoms with Gasteiger partial charge >= 0.3 is 0 Å². The Balaban J connectivity index is 1.88. The van der Waals surface area contributed by atoms with Gasteiger partial charge < -0.3 is 10.1 Å². The highest BCUT2D eigenvalue weighted by Crippen LogP contribution is 2.26. The summed E-state index contributed by atoms with van der Waals surface area (Å²) in [6, 6.07) is 0.558. The molecule has 1 aromatic carbocycles. The second-order valence-corrected chi connectivity index (χ2v) is 4.58. The fourth-order valence-electron chi connectivity index (χ4n) is 2.19. The van der Waals surface area contributed by atoms with E-state index in [4.69, 9.17) is 4.74 Å². The van der Waals surface area contributed by atoms with Gasteiger partial charge in [0.1, 0.15) is 0 Å². The smallest absolute Gasteiger partial charge is 0.203 e. The van der Waals surface area contributed by atoms with E-state index in [-0.39, 0.29) is 12.7 Å². The van der Waals surface area contributed by atoms with Gasteiger partial charge in [-0.15, -0.1) is 0 Å². The summed E-state index contributed by atoms with van der Waals surface area (Å²) in [7, 11) is 0. The fraction of sp³-hybridized carbons (Fsp3) is 0.538. The lowest BCUT2D eigenvalue weighted by molar-refractivity contribution is 0.260. The van der Waals surface area contributed by atoms with E-state index in [1.54, 1.807) is 0 Å². The van der Waals surface area contributed by atoms with Crippen LogP contribution >= 0.6 is 0 Å². The number of benzene rings is 1. The first-order valence-corrected chi connectivity index (χ1v) is 6.28. The minimum Gasteiger partial charge on any atom is -0.487 e. The van der Waals surface area contributed by atoms with Gasteiger partial charge in [0, 0.05) is 12.1 Å². The molecule has 6 heteroatoms. The molecule has 1 aliphatic rings. The molecule has 2 nitrogen and oxygen atoms in total. The number of rotatable bonds is 5. The summed E-state index contributed by atoms with van der Waals surface area (Å²) in [5.74, 6) is -6.86. The van der Waals surface area contributed by atoms with Gasteiger partial charge in [0.25, 0.3) is 0 Å². The van der Waals surface area contributed by atoms with Crippen molar-refractivity contribution in [1.82, 2.24) is 5.32 Å². The molecule has 1 aromatic rings.